The third-order valence-electron chi connectivity index (χ3n) is 3.07. The summed E-state index contributed by atoms with van der Waals surface area (Å²) in [5.74, 6) is -0.306. The Morgan fingerprint density at radius 1 is 1.33 bits per heavy atom. The molecule has 2 amide bonds. The topological polar surface area (TPSA) is 71.1 Å². The molecule has 1 aliphatic heterocycles. The van der Waals surface area contributed by atoms with Gasteiger partial charge in [0.15, 0.2) is 0 Å². The van der Waals surface area contributed by atoms with Crippen molar-refractivity contribution in [3.63, 3.8) is 0 Å². The van der Waals surface area contributed by atoms with Gasteiger partial charge in [0.2, 0.25) is 5.91 Å². The van der Waals surface area contributed by atoms with Gasteiger partial charge in [0.05, 0.1) is 10.9 Å². The Morgan fingerprint density at radius 3 is 2.95 bits per heavy atom. The molecule has 6 heteroatoms. The maximum atomic E-state index is 12.0. The Morgan fingerprint density at radius 2 is 2.19 bits per heavy atom. The molecule has 1 aliphatic rings. The van der Waals surface area contributed by atoms with Gasteiger partial charge in [0.1, 0.15) is 5.69 Å². The molecule has 1 unspecified atom stereocenters. The number of aromatic nitrogens is 1. The average Bonchev–Trinajstić information content (AvgIpc) is 2.49. The quantitative estimate of drug-likeness (QED) is 0.894. The minimum absolute atomic E-state index is 0.0271. The van der Waals surface area contributed by atoms with E-state index < -0.39 is 0 Å². The fraction of sp³-hybridized carbons (Fsp3) is 0.133. The lowest BCUT2D eigenvalue weighted by atomic mass is 10.2. The number of amides is 2. The van der Waals surface area contributed by atoms with E-state index in [0.717, 1.165) is 10.6 Å². The minimum atomic E-state index is -0.279. The van der Waals surface area contributed by atoms with Crippen LogP contribution >= 0.6 is 11.8 Å². The van der Waals surface area contributed by atoms with Crippen LogP contribution in [0.2, 0.25) is 0 Å². The van der Waals surface area contributed by atoms with Crippen LogP contribution in [0.4, 0.5) is 11.4 Å². The third-order valence-corrected chi connectivity index (χ3v) is 4.24. The smallest absolute Gasteiger partial charge is 0.274 e. The van der Waals surface area contributed by atoms with Gasteiger partial charge < -0.3 is 10.6 Å². The standard InChI is InChI=1S/C15H13N3O2S/c1-9-14(19)18-12-8-10(5-6-13(12)21-9)17-15(20)11-4-2-3-7-16-11/h2-9H,1H3,(H,17,20)(H,18,19). The summed E-state index contributed by atoms with van der Waals surface area (Å²) >= 11 is 1.51. The highest BCUT2D eigenvalue weighted by atomic mass is 32.2. The zero-order valence-corrected chi connectivity index (χ0v) is 12.1. The molecule has 0 aliphatic carbocycles. The van der Waals surface area contributed by atoms with Crippen molar-refractivity contribution in [3.05, 3.63) is 48.3 Å². The fourth-order valence-corrected chi connectivity index (χ4v) is 2.91. The normalized spacial score (nSPS) is 16.8. The highest BCUT2D eigenvalue weighted by molar-refractivity contribution is 8.00. The first-order valence-electron chi connectivity index (χ1n) is 6.47. The molecular formula is C15H13N3O2S. The van der Waals surface area contributed by atoms with Crippen LogP contribution in [0, 0.1) is 0 Å². The number of anilines is 2. The lowest BCUT2D eigenvalue weighted by molar-refractivity contribution is -0.115. The van der Waals surface area contributed by atoms with E-state index in [1.165, 1.54) is 11.8 Å². The van der Waals surface area contributed by atoms with Crippen molar-refractivity contribution in [1.82, 2.24) is 4.98 Å². The van der Waals surface area contributed by atoms with Gasteiger partial charge in [-0.2, -0.15) is 0 Å². The maximum Gasteiger partial charge on any atom is 0.274 e. The molecule has 2 aromatic rings. The van der Waals surface area contributed by atoms with Gasteiger partial charge >= 0.3 is 0 Å². The van der Waals surface area contributed by atoms with Crippen molar-refractivity contribution in [3.8, 4) is 0 Å². The van der Waals surface area contributed by atoms with E-state index in [4.69, 9.17) is 0 Å². The highest BCUT2D eigenvalue weighted by Gasteiger charge is 2.23. The predicted molar refractivity (Wildman–Crippen MR) is 82.6 cm³/mol. The van der Waals surface area contributed by atoms with Gasteiger partial charge in [-0.3, -0.25) is 14.6 Å². The summed E-state index contributed by atoms with van der Waals surface area (Å²) in [6.07, 6.45) is 1.57. The fourth-order valence-electron chi connectivity index (χ4n) is 1.98. The molecule has 0 saturated heterocycles. The molecule has 1 atom stereocenters. The summed E-state index contributed by atoms with van der Waals surface area (Å²) in [5, 5.41) is 5.50. The van der Waals surface area contributed by atoms with Crippen LogP contribution in [0.15, 0.2) is 47.5 Å². The molecule has 3 rings (SSSR count). The Balaban J connectivity index is 1.80. The van der Waals surface area contributed by atoms with Crippen molar-refractivity contribution >= 4 is 35.0 Å². The zero-order chi connectivity index (χ0) is 14.8. The summed E-state index contributed by atoms with van der Waals surface area (Å²) in [4.78, 5) is 28.7. The van der Waals surface area contributed by atoms with Gasteiger partial charge in [-0.25, -0.2) is 0 Å². The van der Waals surface area contributed by atoms with Crippen molar-refractivity contribution in [2.45, 2.75) is 17.1 Å². The first-order valence-corrected chi connectivity index (χ1v) is 7.35. The number of pyridine rings is 1. The number of carbonyl (C=O) groups is 2. The maximum absolute atomic E-state index is 12.0. The molecule has 1 aromatic heterocycles. The average molecular weight is 299 g/mol. The largest absolute Gasteiger partial charge is 0.324 e. The summed E-state index contributed by atoms with van der Waals surface area (Å²) in [6.45, 7) is 1.86. The van der Waals surface area contributed by atoms with Gasteiger partial charge in [-0.05, 0) is 37.3 Å². The Hall–Kier alpha value is -2.34. The van der Waals surface area contributed by atoms with Crippen LogP contribution in [0.3, 0.4) is 0 Å². The van der Waals surface area contributed by atoms with Crippen LogP contribution in [-0.2, 0) is 4.79 Å². The van der Waals surface area contributed by atoms with Gasteiger partial charge in [0.25, 0.3) is 5.91 Å². The monoisotopic (exact) mass is 299 g/mol. The SMILES string of the molecule is CC1Sc2ccc(NC(=O)c3ccccn3)cc2NC1=O. The van der Waals surface area contributed by atoms with Gasteiger partial charge in [0, 0.05) is 16.8 Å². The summed E-state index contributed by atoms with van der Waals surface area (Å²) < 4.78 is 0. The molecule has 2 heterocycles. The number of rotatable bonds is 2. The molecule has 1 aromatic carbocycles. The Kier molecular flexibility index (Phi) is 3.62. The third kappa shape index (κ3) is 2.90. The second kappa shape index (κ2) is 5.57. The van der Waals surface area contributed by atoms with E-state index in [-0.39, 0.29) is 17.1 Å². The van der Waals surface area contributed by atoms with E-state index in [2.05, 4.69) is 15.6 Å². The van der Waals surface area contributed by atoms with Crippen molar-refractivity contribution in [1.29, 1.82) is 0 Å². The van der Waals surface area contributed by atoms with Crippen LogP contribution in [0.25, 0.3) is 0 Å². The molecule has 2 N–H and O–H groups in total. The number of carbonyl (C=O) groups excluding carboxylic acids is 2. The number of benzene rings is 1. The molecule has 0 radical (unpaired) electrons. The van der Waals surface area contributed by atoms with Gasteiger partial charge in [-0.15, -0.1) is 11.8 Å². The number of nitrogens with one attached hydrogen (secondary N) is 2. The lowest BCUT2D eigenvalue weighted by Crippen LogP contribution is -2.26. The van der Waals surface area contributed by atoms with E-state index >= 15 is 0 Å². The molecule has 0 fully saturated rings. The first kappa shape index (κ1) is 13.6. The summed E-state index contributed by atoms with van der Waals surface area (Å²) in [5.41, 5.74) is 1.70. The van der Waals surface area contributed by atoms with E-state index in [1.54, 1.807) is 30.5 Å². The van der Waals surface area contributed by atoms with E-state index in [0.29, 0.717) is 11.4 Å². The molecule has 0 spiro atoms. The van der Waals surface area contributed by atoms with Crippen molar-refractivity contribution in [2.75, 3.05) is 10.6 Å². The van der Waals surface area contributed by atoms with E-state index in [9.17, 15) is 9.59 Å². The minimum Gasteiger partial charge on any atom is -0.324 e. The Bertz CT molecular complexity index is 703. The van der Waals surface area contributed by atoms with Crippen LogP contribution in [0.5, 0.6) is 0 Å². The molecular weight excluding hydrogens is 286 g/mol. The first-order chi connectivity index (χ1) is 10.1. The number of hydrogen-bond donors (Lipinski definition) is 2. The number of nitrogens with zero attached hydrogens (tertiary/aromatic N) is 1. The summed E-state index contributed by atoms with van der Waals surface area (Å²) in [6, 6.07) is 10.6. The second-order valence-electron chi connectivity index (χ2n) is 4.63. The molecule has 106 valence electrons. The van der Waals surface area contributed by atoms with Gasteiger partial charge in [-0.1, -0.05) is 6.07 Å². The molecule has 0 saturated carbocycles. The Labute approximate surface area is 126 Å². The number of fused-ring (bicyclic) bond motifs is 1. The lowest BCUT2D eigenvalue weighted by Gasteiger charge is -2.21. The molecule has 21 heavy (non-hydrogen) atoms. The van der Waals surface area contributed by atoms with Crippen molar-refractivity contribution in [2.24, 2.45) is 0 Å². The van der Waals surface area contributed by atoms with Crippen molar-refractivity contribution < 1.29 is 9.59 Å². The van der Waals surface area contributed by atoms with Crippen LogP contribution < -0.4 is 10.6 Å². The zero-order valence-electron chi connectivity index (χ0n) is 11.3. The summed E-state index contributed by atoms with van der Waals surface area (Å²) in [7, 11) is 0. The molecule has 5 nitrogen and oxygen atoms in total. The predicted octanol–water partition coefficient (Wildman–Crippen LogP) is 2.77. The van der Waals surface area contributed by atoms with Crippen LogP contribution in [-0.4, -0.2) is 22.0 Å². The number of hydrogen-bond acceptors (Lipinski definition) is 4. The molecule has 0 bridgehead atoms. The second-order valence-corrected chi connectivity index (χ2v) is 6.01. The van der Waals surface area contributed by atoms with E-state index in [1.807, 2.05) is 19.1 Å². The van der Waals surface area contributed by atoms with Crippen LogP contribution in [0.1, 0.15) is 17.4 Å². The number of thioether (sulfide) groups is 1. The highest BCUT2D eigenvalue weighted by Crippen LogP contribution is 2.36.